The number of hydrogen-bond donors (Lipinski definition) is 0. The van der Waals surface area contributed by atoms with Gasteiger partial charge in [-0.05, 0) is 12.0 Å². The van der Waals surface area contributed by atoms with E-state index < -0.39 is 0 Å². The van der Waals surface area contributed by atoms with Gasteiger partial charge in [0.2, 0.25) is 0 Å². The molecule has 0 N–H and O–H groups in total. The molecule has 0 aromatic heterocycles. The summed E-state index contributed by atoms with van der Waals surface area (Å²) in [4.78, 5) is 0. The first-order chi connectivity index (χ1) is 17.7. The molecule has 0 bridgehead atoms. The van der Waals surface area contributed by atoms with Gasteiger partial charge in [-0.1, -0.05) is 42.0 Å². The maximum absolute atomic E-state index is 3.82. The Morgan fingerprint density at radius 3 is 1.87 bits per heavy atom. The Morgan fingerprint density at radius 1 is 0.763 bits per heavy atom. The number of benzene rings is 4. The van der Waals surface area contributed by atoms with E-state index in [2.05, 4.69) is 116 Å². The molecule has 4 aromatic rings. The molecule has 0 saturated heterocycles. The van der Waals surface area contributed by atoms with E-state index in [0.717, 1.165) is 18.4 Å². The third-order valence-corrected chi connectivity index (χ3v) is 7.44. The summed E-state index contributed by atoms with van der Waals surface area (Å²) in [6.07, 6.45) is 14.7. The predicted molar refractivity (Wildman–Crippen MR) is 151 cm³/mol. The third kappa shape index (κ3) is 8.34. The van der Waals surface area contributed by atoms with Gasteiger partial charge in [-0.25, -0.2) is 12.2 Å². The summed E-state index contributed by atoms with van der Waals surface area (Å²) >= 11 is 1.46. The van der Waals surface area contributed by atoms with E-state index in [1.807, 2.05) is 30.4 Å². The van der Waals surface area contributed by atoms with Crippen molar-refractivity contribution in [2.24, 2.45) is 0 Å². The van der Waals surface area contributed by atoms with Crippen LogP contribution in [-0.4, -0.2) is 3.21 Å². The van der Waals surface area contributed by atoms with Gasteiger partial charge in [-0.2, -0.15) is 29.8 Å². The van der Waals surface area contributed by atoms with Gasteiger partial charge in [0.25, 0.3) is 0 Å². The van der Waals surface area contributed by atoms with Crippen molar-refractivity contribution >= 4 is 15.4 Å². The van der Waals surface area contributed by atoms with Crippen LogP contribution in [0.25, 0.3) is 23.3 Å². The van der Waals surface area contributed by atoms with E-state index in [0.29, 0.717) is 0 Å². The summed E-state index contributed by atoms with van der Waals surface area (Å²) in [6, 6.07) is 35.2. The molecule has 0 fully saturated rings. The van der Waals surface area contributed by atoms with Crippen molar-refractivity contribution < 1.29 is 49.0 Å². The Labute approximate surface area is 254 Å². The fourth-order valence-corrected chi connectivity index (χ4v) is 4.90. The molecule has 0 amide bonds. The molecule has 2 aliphatic carbocycles. The van der Waals surface area contributed by atoms with Gasteiger partial charge in [-0.3, -0.25) is 6.08 Å². The second-order valence-electron chi connectivity index (χ2n) is 8.44. The van der Waals surface area contributed by atoms with Crippen LogP contribution >= 0.6 is 0 Å². The molecule has 188 valence electrons. The quantitative estimate of drug-likeness (QED) is 0.275. The van der Waals surface area contributed by atoms with Gasteiger partial charge in [0, 0.05) is 0 Å². The van der Waals surface area contributed by atoms with Crippen molar-refractivity contribution in [2.75, 3.05) is 0 Å². The van der Waals surface area contributed by atoms with Crippen LogP contribution in [0.3, 0.4) is 0 Å². The minimum atomic E-state index is 0. The van der Waals surface area contributed by atoms with Crippen molar-refractivity contribution in [3.8, 4) is 11.1 Å². The van der Waals surface area contributed by atoms with E-state index in [9.17, 15) is 0 Å². The average molecular weight is 611 g/mol. The van der Waals surface area contributed by atoms with E-state index >= 15 is 0 Å². The fraction of sp³-hybridized carbons (Fsp3) is 0.0571. The standard InChI is InChI=1S/C17H13.C13H10.C5H5.2ClH.Zr/c1-3-12-5-7-14-11-15-8-6-13(4-2)10-17(15)16(14)9-12;1-3-7-12(8-4-1)11-13-9-5-2-6-10-13;1-2-4-5-3-1;;;/h3-7,9-10H,1-2,11H2;1-10H;1-3H,4H2;2*1H;/q-1;;-1;;;+2/p-2. The van der Waals surface area contributed by atoms with Gasteiger partial charge in [-0.15, -0.1) is 30.2 Å². The van der Waals surface area contributed by atoms with Crippen LogP contribution in [0, 0.1) is 12.1 Å². The van der Waals surface area contributed by atoms with Crippen molar-refractivity contribution in [3.05, 3.63) is 168 Å². The van der Waals surface area contributed by atoms with Crippen LogP contribution in [0.5, 0.6) is 0 Å². The summed E-state index contributed by atoms with van der Waals surface area (Å²) in [5, 5.41) is 0. The van der Waals surface area contributed by atoms with E-state index in [-0.39, 0.29) is 24.8 Å². The van der Waals surface area contributed by atoms with Crippen molar-refractivity contribution in [3.63, 3.8) is 0 Å². The van der Waals surface area contributed by atoms with Gasteiger partial charge in [0.05, 0.1) is 0 Å². The molecule has 0 radical (unpaired) electrons. The number of allylic oxidation sites excluding steroid dienone is 4. The summed E-state index contributed by atoms with van der Waals surface area (Å²) < 4.78 is 1.42. The summed E-state index contributed by atoms with van der Waals surface area (Å²) in [6.45, 7) is 7.63. The molecular formula is C35H28Cl2Zr-2. The number of fused-ring (bicyclic) bond motifs is 3. The van der Waals surface area contributed by atoms with Crippen LogP contribution in [0.2, 0.25) is 0 Å². The monoisotopic (exact) mass is 608 g/mol. The first-order valence-electron chi connectivity index (χ1n) is 12.0. The zero-order chi connectivity index (χ0) is 25.2. The van der Waals surface area contributed by atoms with Crippen molar-refractivity contribution in [2.45, 2.75) is 12.8 Å². The fourth-order valence-electron chi connectivity index (χ4n) is 4.08. The molecule has 38 heavy (non-hydrogen) atoms. The molecule has 4 aromatic carbocycles. The zero-order valence-corrected chi connectivity index (χ0v) is 25.1. The summed E-state index contributed by atoms with van der Waals surface area (Å²) in [5.74, 6) is 0. The average Bonchev–Trinajstić information content (AvgIpc) is 3.65. The van der Waals surface area contributed by atoms with Crippen molar-refractivity contribution in [1.82, 2.24) is 0 Å². The van der Waals surface area contributed by atoms with Gasteiger partial charge in [0.1, 0.15) is 0 Å². The van der Waals surface area contributed by atoms with Gasteiger partial charge in [0.15, 0.2) is 0 Å². The molecule has 0 aliphatic heterocycles. The number of rotatable bonds is 4. The SMILES string of the molecule is C=Cc1c[c-]c2c(c1)-c1cc(C=C)ccc1C2.[C-]1=CC=CC1.[Cl-].[Cl-].[Zr+2]=[C](c1ccccc1)c1ccccc1. The normalized spacial score (nSPS) is 11.2. The molecule has 0 nitrogen and oxygen atoms in total. The maximum atomic E-state index is 3.82. The summed E-state index contributed by atoms with van der Waals surface area (Å²) in [7, 11) is 0. The molecule has 0 unspecified atom stereocenters. The molecule has 0 saturated carbocycles. The van der Waals surface area contributed by atoms with Crippen LogP contribution in [0.4, 0.5) is 0 Å². The molecule has 6 rings (SSSR count). The molecule has 0 spiro atoms. The predicted octanol–water partition coefficient (Wildman–Crippen LogP) is 2.46. The van der Waals surface area contributed by atoms with E-state index in [1.165, 1.54) is 66.4 Å². The topological polar surface area (TPSA) is 0 Å². The Morgan fingerprint density at radius 2 is 1.37 bits per heavy atom. The Balaban J connectivity index is 0.000000219. The van der Waals surface area contributed by atoms with Crippen molar-refractivity contribution in [1.29, 1.82) is 0 Å². The number of hydrogen-bond acceptors (Lipinski definition) is 0. The molecular weight excluding hydrogens is 583 g/mol. The molecule has 0 heterocycles. The van der Waals surface area contributed by atoms with E-state index in [1.54, 1.807) is 0 Å². The third-order valence-electron chi connectivity index (χ3n) is 6.02. The van der Waals surface area contributed by atoms with Crippen LogP contribution in [0.15, 0.2) is 122 Å². The second-order valence-corrected chi connectivity index (χ2v) is 9.67. The van der Waals surface area contributed by atoms with Gasteiger partial charge < -0.3 is 24.8 Å². The van der Waals surface area contributed by atoms with Crippen LogP contribution in [0.1, 0.15) is 39.8 Å². The first kappa shape index (κ1) is 31.4. The summed E-state index contributed by atoms with van der Waals surface area (Å²) in [5.41, 5.74) is 10.2. The van der Waals surface area contributed by atoms with Crippen LogP contribution < -0.4 is 24.8 Å². The Bertz CT molecular complexity index is 1310. The van der Waals surface area contributed by atoms with Crippen LogP contribution in [-0.2, 0) is 30.7 Å². The second kappa shape index (κ2) is 16.2. The Hall–Kier alpha value is -2.83. The molecule has 3 heteroatoms. The zero-order valence-electron chi connectivity index (χ0n) is 21.1. The molecule has 2 aliphatic rings. The van der Waals surface area contributed by atoms with Gasteiger partial charge >= 0.3 is 99.2 Å². The van der Waals surface area contributed by atoms with E-state index in [4.69, 9.17) is 0 Å². The number of halogens is 2. The molecule has 0 atom stereocenters. The first-order valence-corrected chi connectivity index (χ1v) is 13.3. The minimum absolute atomic E-state index is 0. The Kier molecular flexibility index (Phi) is 13.4.